The molecule has 2 amide bonds. The Bertz CT molecular complexity index is 567. The summed E-state index contributed by atoms with van der Waals surface area (Å²) in [5.41, 5.74) is 7.33. The molecule has 6 nitrogen and oxygen atoms in total. The predicted molar refractivity (Wildman–Crippen MR) is 64.6 cm³/mol. The zero-order valence-electron chi connectivity index (χ0n) is 10.3. The molecule has 18 heavy (non-hydrogen) atoms. The van der Waals surface area contributed by atoms with E-state index in [1.54, 1.807) is 0 Å². The first-order chi connectivity index (χ1) is 8.45. The molecule has 0 aliphatic carbocycles. The van der Waals surface area contributed by atoms with Crippen molar-refractivity contribution in [1.29, 1.82) is 5.26 Å². The van der Waals surface area contributed by atoms with E-state index >= 15 is 0 Å². The molecule has 0 aromatic carbocycles. The third-order valence-corrected chi connectivity index (χ3v) is 3.39. The van der Waals surface area contributed by atoms with Gasteiger partial charge in [0.2, 0.25) is 11.8 Å². The number of amides is 2. The number of primary amides is 1. The van der Waals surface area contributed by atoms with Gasteiger partial charge in [-0.05, 0) is 19.4 Å². The second kappa shape index (κ2) is 4.18. The molecule has 3 N–H and O–H groups in total. The highest BCUT2D eigenvalue weighted by molar-refractivity contribution is 6.00. The fourth-order valence-corrected chi connectivity index (χ4v) is 2.15. The van der Waals surface area contributed by atoms with E-state index in [1.165, 1.54) is 4.90 Å². The molecular formula is C12H14N4O2. The molecule has 0 saturated carbocycles. The lowest BCUT2D eigenvalue weighted by Gasteiger charge is -2.14. The summed E-state index contributed by atoms with van der Waals surface area (Å²) in [5, 5.41) is 9.13. The first kappa shape index (κ1) is 12.2. The second-order valence-corrected chi connectivity index (χ2v) is 4.52. The van der Waals surface area contributed by atoms with Gasteiger partial charge in [-0.15, -0.1) is 0 Å². The van der Waals surface area contributed by atoms with Gasteiger partial charge < -0.3 is 10.7 Å². The van der Waals surface area contributed by atoms with E-state index < -0.39 is 11.8 Å². The van der Waals surface area contributed by atoms with E-state index in [2.05, 4.69) is 11.1 Å². The first-order valence-electron chi connectivity index (χ1n) is 5.64. The topological polar surface area (TPSA) is 103 Å². The van der Waals surface area contributed by atoms with Gasteiger partial charge >= 0.3 is 0 Å². The summed E-state index contributed by atoms with van der Waals surface area (Å²) in [6, 6.07) is 2.08. The maximum atomic E-state index is 11.9. The highest BCUT2D eigenvalue weighted by Crippen LogP contribution is 2.30. The first-order valence-corrected chi connectivity index (χ1v) is 5.64. The number of aromatic amines is 1. The largest absolute Gasteiger partial charge is 0.369 e. The van der Waals surface area contributed by atoms with Gasteiger partial charge in [0.25, 0.3) is 0 Å². The zero-order valence-corrected chi connectivity index (χ0v) is 10.3. The predicted octanol–water partition coefficient (Wildman–Crippen LogP) is 0.341. The molecule has 6 heteroatoms. The Labute approximate surface area is 104 Å². The summed E-state index contributed by atoms with van der Waals surface area (Å²) in [4.78, 5) is 27.5. The van der Waals surface area contributed by atoms with Gasteiger partial charge in [0.15, 0.2) is 0 Å². The van der Waals surface area contributed by atoms with Crippen LogP contribution in [0.1, 0.15) is 23.2 Å². The molecule has 1 aliphatic rings. The second-order valence-electron chi connectivity index (χ2n) is 4.52. The normalized spacial score (nSPS) is 19.1. The highest BCUT2D eigenvalue weighted by atomic mass is 16.2. The van der Waals surface area contributed by atoms with E-state index in [0.29, 0.717) is 11.4 Å². The molecule has 1 fully saturated rings. The Morgan fingerprint density at radius 1 is 1.56 bits per heavy atom. The van der Waals surface area contributed by atoms with E-state index in [4.69, 9.17) is 11.0 Å². The van der Waals surface area contributed by atoms with Crippen molar-refractivity contribution in [2.24, 2.45) is 11.7 Å². The van der Waals surface area contributed by atoms with Crippen molar-refractivity contribution >= 4 is 17.6 Å². The summed E-state index contributed by atoms with van der Waals surface area (Å²) >= 11 is 0. The lowest BCUT2D eigenvalue weighted by atomic mass is 10.1. The molecule has 94 valence electrons. The van der Waals surface area contributed by atoms with Gasteiger partial charge in [0.1, 0.15) is 11.9 Å². The summed E-state index contributed by atoms with van der Waals surface area (Å²) in [6.07, 6.45) is 0.108. The Morgan fingerprint density at radius 2 is 2.22 bits per heavy atom. The minimum absolute atomic E-state index is 0.108. The average Bonchev–Trinajstić information content (AvgIpc) is 2.81. The van der Waals surface area contributed by atoms with E-state index in [1.807, 2.05) is 13.8 Å². The number of hydrogen-bond donors (Lipinski definition) is 2. The summed E-state index contributed by atoms with van der Waals surface area (Å²) < 4.78 is 0. The van der Waals surface area contributed by atoms with Gasteiger partial charge in [-0.25, -0.2) is 0 Å². The minimum atomic E-state index is -0.482. The number of carbonyl (C=O) groups excluding carboxylic acids is 2. The molecule has 0 radical (unpaired) electrons. The van der Waals surface area contributed by atoms with Crippen molar-refractivity contribution in [2.45, 2.75) is 20.3 Å². The van der Waals surface area contributed by atoms with Crippen LogP contribution in [-0.4, -0.2) is 23.3 Å². The Kier molecular flexibility index (Phi) is 2.83. The van der Waals surface area contributed by atoms with Crippen LogP contribution in [0, 0.1) is 31.1 Å². The van der Waals surface area contributed by atoms with Gasteiger partial charge in [-0.1, -0.05) is 0 Å². The Hall–Kier alpha value is -2.29. The number of aromatic nitrogens is 1. The molecule has 1 atom stereocenters. The van der Waals surface area contributed by atoms with Crippen molar-refractivity contribution in [3.05, 3.63) is 16.8 Å². The van der Waals surface area contributed by atoms with Crippen molar-refractivity contribution < 1.29 is 9.59 Å². The lowest BCUT2D eigenvalue weighted by molar-refractivity contribution is -0.123. The number of nitrogens with one attached hydrogen (secondary N) is 1. The highest BCUT2D eigenvalue weighted by Gasteiger charge is 2.36. The number of carbonyl (C=O) groups is 2. The number of nitrogens with zero attached hydrogens (tertiary/aromatic N) is 2. The zero-order chi connectivity index (χ0) is 13.4. The van der Waals surface area contributed by atoms with Gasteiger partial charge in [0.05, 0.1) is 11.5 Å². The number of nitriles is 1. The van der Waals surface area contributed by atoms with Crippen LogP contribution in [0.15, 0.2) is 0 Å². The third kappa shape index (κ3) is 1.74. The molecule has 0 spiro atoms. The van der Waals surface area contributed by atoms with Gasteiger partial charge in [0, 0.05) is 18.7 Å². The maximum Gasteiger partial charge on any atom is 0.229 e. The quantitative estimate of drug-likeness (QED) is 0.786. The van der Waals surface area contributed by atoms with Crippen molar-refractivity contribution in [1.82, 2.24) is 4.98 Å². The van der Waals surface area contributed by atoms with Crippen LogP contribution in [0.3, 0.4) is 0 Å². The molecule has 2 heterocycles. The molecule has 2 rings (SSSR count). The fraction of sp³-hybridized carbons (Fsp3) is 0.417. The van der Waals surface area contributed by atoms with Crippen LogP contribution >= 0.6 is 0 Å². The summed E-state index contributed by atoms with van der Waals surface area (Å²) in [6.45, 7) is 3.90. The Balaban J connectivity index is 2.39. The summed E-state index contributed by atoms with van der Waals surface area (Å²) in [7, 11) is 0. The van der Waals surface area contributed by atoms with Crippen LogP contribution in [0.4, 0.5) is 5.82 Å². The average molecular weight is 246 g/mol. The molecule has 1 aliphatic heterocycles. The molecular weight excluding hydrogens is 232 g/mol. The lowest BCUT2D eigenvalue weighted by Crippen LogP contribution is -2.29. The molecule has 0 bridgehead atoms. The minimum Gasteiger partial charge on any atom is -0.369 e. The molecule has 1 aromatic heterocycles. The number of aryl methyl sites for hydroxylation is 1. The van der Waals surface area contributed by atoms with Gasteiger partial charge in [-0.3, -0.25) is 14.5 Å². The molecule has 1 aromatic rings. The van der Waals surface area contributed by atoms with Crippen molar-refractivity contribution in [2.75, 3.05) is 11.4 Å². The standard InChI is InChI=1S/C12H14N4O2/c1-6-7(2)15-12(9(6)4-13)16-5-8(11(14)18)3-10(16)17/h8,15H,3,5H2,1-2H3,(H2,14,18). The smallest absolute Gasteiger partial charge is 0.229 e. The fourth-order valence-electron chi connectivity index (χ4n) is 2.15. The number of anilines is 1. The van der Waals surface area contributed by atoms with Crippen LogP contribution in [-0.2, 0) is 9.59 Å². The number of H-pyrrole nitrogens is 1. The maximum absolute atomic E-state index is 11.9. The van der Waals surface area contributed by atoms with Crippen LogP contribution < -0.4 is 10.6 Å². The van der Waals surface area contributed by atoms with E-state index in [0.717, 1.165) is 11.3 Å². The number of rotatable bonds is 2. The molecule has 1 saturated heterocycles. The SMILES string of the molecule is Cc1[nH]c(N2CC(C(N)=O)CC2=O)c(C#N)c1C. The monoisotopic (exact) mass is 246 g/mol. The van der Waals surface area contributed by atoms with E-state index in [9.17, 15) is 9.59 Å². The van der Waals surface area contributed by atoms with Crippen LogP contribution in [0.25, 0.3) is 0 Å². The van der Waals surface area contributed by atoms with E-state index in [-0.39, 0.29) is 18.9 Å². The van der Waals surface area contributed by atoms with Crippen molar-refractivity contribution in [3.63, 3.8) is 0 Å². The molecule has 1 unspecified atom stereocenters. The van der Waals surface area contributed by atoms with Crippen molar-refractivity contribution in [3.8, 4) is 6.07 Å². The van der Waals surface area contributed by atoms with Crippen LogP contribution in [0.2, 0.25) is 0 Å². The van der Waals surface area contributed by atoms with Crippen LogP contribution in [0.5, 0.6) is 0 Å². The number of hydrogen-bond acceptors (Lipinski definition) is 3. The summed E-state index contributed by atoms with van der Waals surface area (Å²) in [5.74, 6) is -0.671. The van der Waals surface area contributed by atoms with Gasteiger partial charge in [-0.2, -0.15) is 5.26 Å². The third-order valence-electron chi connectivity index (χ3n) is 3.39. The number of nitrogens with two attached hydrogens (primary N) is 1. The Morgan fingerprint density at radius 3 is 2.72 bits per heavy atom.